The summed E-state index contributed by atoms with van der Waals surface area (Å²) in [6.07, 6.45) is 5.51. The third kappa shape index (κ3) is 1.51. The van der Waals surface area contributed by atoms with Crippen molar-refractivity contribution >= 4 is 16.5 Å². The van der Waals surface area contributed by atoms with Gasteiger partial charge >= 0.3 is 0 Å². The number of hydrogen-bond donors (Lipinski definition) is 0. The van der Waals surface area contributed by atoms with E-state index in [0.29, 0.717) is 0 Å². The second kappa shape index (κ2) is 3.58. The van der Waals surface area contributed by atoms with E-state index < -0.39 is 0 Å². The SMILES string of the molecule is CC=C(C)c1ccc2cncnc2c1. The fraction of sp³-hybridized carbons (Fsp3) is 0.167. The van der Waals surface area contributed by atoms with Crippen LogP contribution in [0.5, 0.6) is 0 Å². The Bertz CT molecular complexity index is 486. The van der Waals surface area contributed by atoms with Gasteiger partial charge in [0.15, 0.2) is 0 Å². The van der Waals surface area contributed by atoms with Crippen LogP contribution < -0.4 is 0 Å². The van der Waals surface area contributed by atoms with Crippen molar-refractivity contribution in [2.75, 3.05) is 0 Å². The van der Waals surface area contributed by atoms with Crippen LogP contribution in [0.15, 0.2) is 36.8 Å². The van der Waals surface area contributed by atoms with Gasteiger partial charge in [-0.1, -0.05) is 18.2 Å². The van der Waals surface area contributed by atoms with Gasteiger partial charge in [-0.3, -0.25) is 0 Å². The van der Waals surface area contributed by atoms with Crippen LogP contribution in [0.3, 0.4) is 0 Å². The zero-order chi connectivity index (χ0) is 9.97. The molecule has 0 N–H and O–H groups in total. The molecule has 0 atom stereocenters. The molecule has 1 heterocycles. The lowest BCUT2D eigenvalue weighted by Gasteiger charge is -2.02. The normalized spacial score (nSPS) is 12.0. The predicted molar refractivity (Wildman–Crippen MR) is 58.9 cm³/mol. The minimum absolute atomic E-state index is 0.999. The van der Waals surface area contributed by atoms with Crippen molar-refractivity contribution < 1.29 is 0 Å². The average molecular weight is 184 g/mol. The first-order valence-electron chi connectivity index (χ1n) is 4.64. The van der Waals surface area contributed by atoms with Gasteiger partial charge in [-0.05, 0) is 31.1 Å². The first-order chi connectivity index (χ1) is 6.81. The van der Waals surface area contributed by atoms with Crippen LogP contribution in [0.25, 0.3) is 16.5 Å². The largest absolute Gasteiger partial charge is 0.244 e. The zero-order valence-corrected chi connectivity index (χ0v) is 8.36. The van der Waals surface area contributed by atoms with E-state index in [2.05, 4.69) is 41.2 Å². The highest BCUT2D eigenvalue weighted by atomic mass is 14.8. The van der Waals surface area contributed by atoms with E-state index in [1.807, 2.05) is 13.1 Å². The van der Waals surface area contributed by atoms with E-state index in [1.165, 1.54) is 11.1 Å². The summed E-state index contributed by atoms with van der Waals surface area (Å²) in [5, 5.41) is 1.08. The van der Waals surface area contributed by atoms with Crippen LogP contribution in [0.2, 0.25) is 0 Å². The maximum absolute atomic E-state index is 4.22. The Balaban J connectivity index is 2.62. The molecule has 0 radical (unpaired) electrons. The molecule has 0 saturated heterocycles. The summed E-state index contributed by atoms with van der Waals surface area (Å²) in [4.78, 5) is 8.20. The molecule has 2 rings (SSSR count). The molecular formula is C12H12N2. The molecule has 0 fully saturated rings. The Morgan fingerprint density at radius 2 is 2.21 bits per heavy atom. The zero-order valence-electron chi connectivity index (χ0n) is 8.36. The molecule has 0 saturated carbocycles. The third-order valence-corrected chi connectivity index (χ3v) is 2.40. The van der Waals surface area contributed by atoms with E-state index in [0.717, 1.165) is 10.9 Å². The molecule has 2 heteroatoms. The molecule has 14 heavy (non-hydrogen) atoms. The summed E-state index contributed by atoms with van der Waals surface area (Å²) >= 11 is 0. The van der Waals surface area contributed by atoms with Gasteiger partial charge in [0, 0.05) is 11.6 Å². The second-order valence-corrected chi connectivity index (χ2v) is 3.27. The lowest BCUT2D eigenvalue weighted by molar-refractivity contribution is 1.22. The van der Waals surface area contributed by atoms with Crippen molar-refractivity contribution in [3.05, 3.63) is 42.4 Å². The molecule has 2 aromatic rings. The van der Waals surface area contributed by atoms with Crippen LogP contribution in [-0.4, -0.2) is 9.97 Å². The fourth-order valence-electron chi connectivity index (χ4n) is 1.39. The van der Waals surface area contributed by atoms with E-state index in [1.54, 1.807) is 6.33 Å². The molecule has 0 aliphatic rings. The topological polar surface area (TPSA) is 25.8 Å². The molecule has 0 amide bonds. The molecule has 2 nitrogen and oxygen atoms in total. The van der Waals surface area contributed by atoms with Crippen LogP contribution >= 0.6 is 0 Å². The monoisotopic (exact) mass is 184 g/mol. The first kappa shape index (κ1) is 8.88. The highest BCUT2D eigenvalue weighted by molar-refractivity contribution is 5.81. The maximum atomic E-state index is 4.22. The van der Waals surface area contributed by atoms with Crippen LogP contribution in [-0.2, 0) is 0 Å². The highest BCUT2D eigenvalue weighted by Gasteiger charge is 1.97. The van der Waals surface area contributed by atoms with Crippen molar-refractivity contribution in [2.24, 2.45) is 0 Å². The Morgan fingerprint density at radius 1 is 1.36 bits per heavy atom. The van der Waals surface area contributed by atoms with Crippen molar-refractivity contribution in [2.45, 2.75) is 13.8 Å². The summed E-state index contributed by atoms with van der Waals surface area (Å²) in [6, 6.07) is 6.24. The summed E-state index contributed by atoms with van der Waals surface area (Å²) in [5.74, 6) is 0. The molecular weight excluding hydrogens is 172 g/mol. The van der Waals surface area contributed by atoms with Crippen LogP contribution in [0.4, 0.5) is 0 Å². The van der Waals surface area contributed by atoms with E-state index in [-0.39, 0.29) is 0 Å². The molecule has 0 bridgehead atoms. The second-order valence-electron chi connectivity index (χ2n) is 3.27. The third-order valence-electron chi connectivity index (χ3n) is 2.40. The lowest BCUT2D eigenvalue weighted by Crippen LogP contribution is -1.84. The van der Waals surface area contributed by atoms with Gasteiger partial charge in [0.25, 0.3) is 0 Å². The quantitative estimate of drug-likeness (QED) is 0.680. The maximum Gasteiger partial charge on any atom is 0.116 e. The number of rotatable bonds is 1. The number of hydrogen-bond acceptors (Lipinski definition) is 2. The first-order valence-corrected chi connectivity index (χ1v) is 4.64. The van der Waals surface area contributed by atoms with Crippen molar-refractivity contribution in [1.29, 1.82) is 0 Å². The van der Waals surface area contributed by atoms with Gasteiger partial charge in [-0.15, -0.1) is 0 Å². The number of nitrogens with zero attached hydrogens (tertiary/aromatic N) is 2. The molecule has 0 aliphatic carbocycles. The Hall–Kier alpha value is -1.70. The van der Waals surface area contributed by atoms with Crippen molar-refractivity contribution in [1.82, 2.24) is 9.97 Å². The summed E-state index contributed by atoms with van der Waals surface area (Å²) in [7, 11) is 0. The predicted octanol–water partition coefficient (Wildman–Crippen LogP) is 3.05. The standard InChI is InChI=1S/C12H12N2/c1-3-9(2)10-4-5-11-7-13-8-14-12(11)6-10/h3-8H,1-2H3. The highest BCUT2D eigenvalue weighted by Crippen LogP contribution is 2.18. The minimum Gasteiger partial charge on any atom is -0.244 e. The molecule has 0 spiro atoms. The van der Waals surface area contributed by atoms with Crippen molar-refractivity contribution in [3.63, 3.8) is 0 Å². The Labute approximate surface area is 83.3 Å². The van der Waals surface area contributed by atoms with Gasteiger partial charge in [0.05, 0.1) is 5.52 Å². The Kier molecular flexibility index (Phi) is 2.27. The molecule has 70 valence electrons. The summed E-state index contributed by atoms with van der Waals surface area (Å²) in [5.41, 5.74) is 3.49. The van der Waals surface area contributed by atoms with Gasteiger partial charge in [0.2, 0.25) is 0 Å². The number of aromatic nitrogens is 2. The number of allylic oxidation sites excluding steroid dienone is 2. The molecule has 1 aromatic carbocycles. The van der Waals surface area contributed by atoms with Crippen molar-refractivity contribution in [3.8, 4) is 0 Å². The van der Waals surface area contributed by atoms with Gasteiger partial charge in [0.1, 0.15) is 6.33 Å². The number of fused-ring (bicyclic) bond motifs is 1. The number of benzene rings is 1. The average Bonchev–Trinajstić information content (AvgIpc) is 2.27. The van der Waals surface area contributed by atoms with E-state index in [4.69, 9.17) is 0 Å². The van der Waals surface area contributed by atoms with Gasteiger partial charge in [-0.25, -0.2) is 9.97 Å². The minimum atomic E-state index is 0.999. The van der Waals surface area contributed by atoms with Crippen LogP contribution in [0.1, 0.15) is 19.4 Å². The fourth-order valence-corrected chi connectivity index (χ4v) is 1.39. The van der Waals surface area contributed by atoms with Gasteiger partial charge in [-0.2, -0.15) is 0 Å². The summed E-state index contributed by atoms with van der Waals surface area (Å²) < 4.78 is 0. The van der Waals surface area contributed by atoms with E-state index >= 15 is 0 Å². The smallest absolute Gasteiger partial charge is 0.116 e. The lowest BCUT2D eigenvalue weighted by atomic mass is 10.1. The van der Waals surface area contributed by atoms with Crippen LogP contribution in [0, 0.1) is 0 Å². The summed E-state index contributed by atoms with van der Waals surface area (Å²) in [6.45, 7) is 4.14. The van der Waals surface area contributed by atoms with Gasteiger partial charge < -0.3 is 0 Å². The molecule has 0 aliphatic heterocycles. The Morgan fingerprint density at radius 3 is 3.00 bits per heavy atom. The van der Waals surface area contributed by atoms with E-state index in [9.17, 15) is 0 Å². The molecule has 0 unspecified atom stereocenters. The molecule has 1 aromatic heterocycles.